The molecule has 11 nitrogen and oxygen atoms in total. The molecule has 2 aliphatic heterocycles. The largest absolute Gasteiger partial charge is 0.354 e. The van der Waals surface area contributed by atoms with Crippen LogP contribution in [-0.4, -0.2) is 79.3 Å². The highest BCUT2D eigenvalue weighted by Gasteiger charge is 2.39. The molecule has 3 aromatic carbocycles. The number of imide groups is 1. The van der Waals surface area contributed by atoms with E-state index < -0.39 is 16.7 Å². The maximum Gasteiger partial charge on any atom is 0.288 e. The summed E-state index contributed by atoms with van der Waals surface area (Å²) in [6, 6.07) is 18.7. The van der Waals surface area contributed by atoms with Gasteiger partial charge in [-0.05, 0) is 42.9 Å². The molecule has 0 radical (unpaired) electrons. The number of nitrogens with one attached hydrogen (secondary N) is 1. The number of carbonyl (C=O) groups is 3. The number of rotatable bonds is 7. The molecule has 0 saturated carbocycles. The SMILES string of the molecule is CC(=O)N1C(=O)/C(=C(\Nc2ccc(N(C)C(=O)CN3CCN(C)CC3)cc2)c2ccccc2)c2cc([N+](=O)[O-])c(Cl)cc21. The van der Waals surface area contributed by atoms with Gasteiger partial charge in [0.05, 0.1) is 28.4 Å². The van der Waals surface area contributed by atoms with Crippen molar-refractivity contribution in [1.82, 2.24) is 9.80 Å². The van der Waals surface area contributed by atoms with Crippen LogP contribution >= 0.6 is 11.6 Å². The number of benzene rings is 3. The predicted octanol–water partition coefficient (Wildman–Crippen LogP) is 4.33. The molecular formula is C31H31ClN6O5. The van der Waals surface area contributed by atoms with Crippen molar-refractivity contribution in [2.24, 2.45) is 0 Å². The van der Waals surface area contributed by atoms with Crippen LogP contribution in [0.5, 0.6) is 0 Å². The van der Waals surface area contributed by atoms with Gasteiger partial charge in [-0.1, -0.05) is 41.9 Å². The van der Waals surface area contributed by atoms with Crippen LogP contribution in [0.25, 0.3) is 11.3 Å². The summed E-state index contributed by atoms with van der Waals surface area (Å²) >= 11 is 6.16. The zero-order chi connectivity index (χ0) is 30.8. The minimum atomic E-state index is -0.628. The number of anilines is 3. The van der Waals surface area contributed by atoms with Crippen molar-refractivity contribution in [2.75, 3.05) is 61.9 Å². The highest BCUT2D eigenvalue weighted by Crippen LogP contribution is 2.45. The summed E-state index contributed by atoms with van der Waals surface area (Å²) in [5.41, 5.74) is 2.41. The monoisotopic (exact) mass is 602 g/mol. The Kier molecular flexibility index (Phi) is 8.58. The molecule has 0 bridgehead atoms. The summed E-state index contributed by atoms with van der Waals surface area (Å²) < 4.78 is 0. The Morgan fingerprint density at radius 2 is 1.67 bits per heavy atom. The Bertz CT molecular complexity index is 1620. The number of halogens is 1. The van der Waals surface area contributed by atoms with Crippen LogP contribution in [0.2, 0.25) is 5.02 Å². The minimum Gasteiger partial charge on any atom is -0.354 e. The average molecular weight is 603 g/mol. The summed E-state index contributed by atoms with van der Waals surface area (Å²) in [5.74, 6) is -1.20. The van der Waals surface area contributed by atoms with Gasteiger partial charge < -0.3 is 15.1 Å². The van der Waals surface area contributed by atoms with Crippen LogP contribution in [0, 0.1) is 10.1 Å². The number of fused-ring (bicyclic) bond motifs is 1. The number of nitro benzene ring substituents is 1. The number of hydrogen-bond donors (Lipinski definition) is 1. The van der Waals surface area contributed by atoms with Crippen LogP contribution in [0.15, 0.2) is 66.7 Å². The molecule has 12 heteroatoms. The number of likely N-dealkylation sites (N-methyl/N-ethyl adjacent to an activating group) is 2. The van der Waals surface area contributed by atoms with E-state index in [0.717, 1.165) is 31.1 Å². The van der Waals surface area contributed by atoms with Gasteiger partial charge in [-0.2, -0.15) is 0 Å². The Hall–Kier alpha value is -4.58. The van der Waals surface area contributed by atoms with Gasteiger partial charge in [0.15, 0.2) is 0 Å². The first-order valence-corrected chi connectivity index (χ1v) is 14.1. The van der Waals surface area contributed by atoms with Gasteiger partial charge in [-0.3, -0.25) is 29.4 Å². The van der Waals surface area contributed by atoms with Crippen LogP contribution < -0.4 is 15.1 Å². The minimum absolute atomic E-state index is 0.0184. The van der Waals surface area contributed by atoms with E-state index in [4.69, 9.17) is 11.6 Å². The molecule has 0 unspecified atom stereocenters. The molecular weight excluding hydrogens is 572 g/mol. The molecule has 1 fully saturated rings. The summed E-state index contributed by atoms with van der Waals surface area (Å²) in [7, 11) is 3.81. The molecule has 1 saturated heterocycles. The molecule has 0 aromatic heterocycles. The van der Waals surface area contributed by atoms with Crippen LogP contribution in [-0.2, 0) is 14.4 Å². The average Bonchev–Trinajstić information content (AvgIpc) is 3.27. The summed E-state index contributed by atoms with van der Waals surface area (Å²) in [6.45, 7) is 5.11. The maximum atomic E-state index is 13.7. The molecule has 2 heterocycles. The topological polar surface area (TPSA) is 119 Å². The molecule has 3 amide bonds. The van der Waals surface area contributed by atoms with Gasteiger partial charge in [0, 0.05) is 63.2 Å². The standard InChI is InChI=1S/C31H31ClN6O5/c1-20(39)37-26-18-25(32)27(38(42)43)17-24(26)29(31(37)41)30(21-7-5-4-6-8-21)33-22-9-11-23(12-10-22)35(3)28(40)19-36-15-13-34(2)14-16-36/h4-12,17-18,33H,13-16,19H2,1-3H3/b30-29-. The third-order valence-corrected chi connectivity index (χ3v) is 7.97. The molecule has 3 aromatic rings. The number of amides is 3. The van der Waals surface area contributed by atoms with E-state index in [1.807, 2.05) is 6.07 Å². The van der Waals surface area contributed by atoms with Gasteiger partial charge in [0.1, 0.15) is 5.02 Å². The highest BCUT2D eigenvalue weighted by molar-refractivity contribution is 6.44. The number of piperazine rings is 1. The first kappa shape index (κ1) is 29.9. The quantitative estimate of drug-likeness (QED) is 0.241. The third kappa shape index (κ3) is 6.14. The Labute approximate surface area is 254 Å². The summed E-state index contributed by atoms with van der Waals surface area (Å²) in [6.07, 6.45) is 0. The van der Waals surface area contributed by atoms with Crippen LogP contribution in [0.3, 0.4) is 0 Å². The second-order valence-corrected chi connectivity index (χ2v) is 11.0. The van der Waals surface area contributed by atoms with E-state index >= 15 is 0 Å². The van der Waals surface area contributed by atoms with E-state index in [1.54, 1.807) is 60.5 Å². The van der Waals surface area contributed by atoms with Crippen molar-refractivity contribution < 1.29 is 19.3 Å². The number of hydrogen-bond acceptors (Lipinski definition) is 8. The van der Waals surface area contributed by atoms with E-state index in [2.05, 4.69) is 22.2 Å². The predicted molar refractivity (Wildman–Crippen MR) is 167 cm³/mol. The van der Waals surface area contributed by atoms with Gasteiger partial charge in [0.25, 0.3) is 11.6 Å². The van der Waals surface area contributed by atoms with Crippen molar-refractivity contribution in [3.8, 4) is 0 Å². The lowest BCUT2D eigenvalue weighted by Crippen LogP contribution is -2.48. The van der Waals surface area contributed by atoms with Crippen molar-refractivity contribution >= 4 is 63.3 Å². The lowest BCUT2D eigenvalue weighted by Gasteiger charge is -2.32. The molecule has 5 rings (SSSR count). The molecule has 0 atom stereocenters. The number of nitro groups is 1. The molecule has 222 valence electrons. The fourth-order valence-corrected chi connectivity index (χ4v) is 5.44. The number of carbonyl (C=O) groups excluding carboxylic acids is 3. The zero-order valence-electron chi connectivity index (χ0n) is 24.0. The van der Waals surface area contributed by atoms with E-state index in [1.165, 1.54) is 19.1 Å². The maximum absolute atomic E-state index is 13.7. The lowest BCUT2D eigenvalue weighted by molar-refractivity contribution is -0.384. The van der Waals surface area contributed by atoms with E-state index in [9.17, 15) is 24.5 Å². The molecule has 1 N–H and O–H groups in total. The fourth-order valence-electron chi connectivity index (χ4n) is 5.21. The summed E-state index contributed by atoms with van der Waals surface area (Å²) in [5, 5.41) is 14.8. The fraction of sp³-hybridized carbons (Fsp3) is 0.258. The third-order valence-electron chi connectivity index (χ3n) is 7.67. The normalized spacial score (nSPS) is 16.6. The number of nitrogens with zero attached hydrogens (tertiary/aromatic N) is 5. The Morgan fingerprint density at radius 1 is 1.02 bits per heavy atom. The smallest absolute Gasteiger partial charge is 0.288 e. The Morgan fingerprint density at radius 3 is 2.28 bits per heavy atom. The lowest BCUT2D eigenvalue weighted by atomic mass is 9.99. The van der Waals surface area contributed by atoms with Crippen molar-refractivity contribution in [2.45, 2.75) is 6.92 Å². The van der Waals surface area contributed by atoms with E-state index in [0.29, 0.717) is 29.2 Å². The first-order chi connectivity index (χ1) is 20.5. The van der Waals surface area contributed by atoms with Crippen molar-refractivity contribution in [3.63, 3.8) is 0 Å². The second-order valence-electron chi connectivity index (χ2n) is 10.6. The van der Waals surface area contributed by atoms with Gasteiger partial charge in [-0.25, -0.2) is 4.90 Å². The van der Waals surface area contributed by atoms with Crippen molar-refractivity contribution in [3.05, 3.63) is 93.0 Å². The van der Waals surface area contributed by atoms with Crippen molar-refractivity contribution in [1.29, 1.82) is 0 Å². The van der Waals surface area contributed by atoms with Gasteiger partial charge in [-0.15, -0.1) is 0 Å². The highest BCUT2D eigenvalue weighted by atomic mass is 35.5. The molecule has 0 aliphatic carbocycles. The molecule has 43 heavy (non-hydrogen) atoms. The van der Waals surface area contributed by atoms with Crippen LogP contribution in [0.1, 0.15) is 18.1 Å². The Balaban J connectivity index is 1.49. The first-order valence-electron chi connectivity index (χ1n) is 13.7. The molecule has 0 spiro atoms. The van der Waals surface area contributed by atoms with Crippen LogP contribution in [0.4, 0.5) is 22.7 Å². The second kappa shape index (κ2) is 12.3. The molecule has 2 aliphatic rings. The summed E-state index contributed by atoms with van der Waals surface area (Å²) in [4.78, 5) is 57.3. The van der Waals surface area contributed by atoms with Gasteiger partial charge in [0.2, 0.25) is 11.8 Å². The van der Waals surface area contributed by atoms with E-state index in [-0.39, 0.29) is 33.4 Å². The zero-order valence-corrected chi connectivity index (χ0v) is 24.8. The van der Waals surface area contributed by atoms with Gasteiger partial charge >= 0.3 is 0 Å².